The average Bonchev–Trinajstić information content (AvgIpc) is 3.52. The molecule has 60 heavy (non-hydrogen) atoms. The minimum absolute atomic E-state index is 0.102. The van der Waals surface area contributed by atoms with E-state index < -0.39 is 0 Å². The summed E-state index contributed by atoms with van der Waals surface area (Å²) >= 11 is 0. The molecule has 1 fully saturated rings. The van der Waals surface area contributed by atoms with E-state index in [-0.39, 0.29) is 5.41 Å². The molecule has 8 aromatic rings. The molecule has 0 bridgehead atoms. The molecule has 0 spiro atoms. The second kappa shape index (κ2) is 15.6. The van der Waals surface area contributed by atoms with Crippen LogP contribution in [0.25, 0.3) is 55.3 Å². The molecule has 2 aliphatic rings. The molecule has 1 nitrogen and oxygen atoms in total. The molecule has 0 saturated heterocycles. The second-order valence-electron chi connectivity index (χ2n) is 18.0. The van der Waals surface area contributed by atoms with Crippen LogP contribution in [0.5, 0.6) is 0 Å². The lowest BCUT2D eigenvalue weighted by Gasteiger charge is -2.29. The van der Waals surface area contributed by atoms with Gasteiger partial charge in [-0.05, 0) is 152 Å². The van der Waals surface area contributed by atoms with Crippen molar-refractivity contribution in [2.24, 2.45) is 11.8 Å². The van der Waals surface area contributed by atoms with E-state index in [9.17, 15) is 0 Å². The largest absolute Gasteiger partial charge is 0.310 e. The zero-order chi connectivity index (χ0) is 40.8. The van der Waals surface area contributed by atoms with Gasteiger partial charge in [0.1, 0.15) is 0 Å². The van der Waals surface area contributed by atoms with Gasteiger partial charge in [-0.1, -0.05) is 179 Å². The third-order valence-corrected chi connectivity index (χ3v) is 13.4. The van der Waals surface area contributed by atoms with Gasteiger partial charge in [-0.15, -0.1) is 0 Å². The standard InChI is InChI=1S/C59H53N/c1-40-36-41(2)38-43(37-40)27-26-42-28-32-48(33-29-42)60(50-19-10-18-47(39-50)53-23-13-24-55-54-20-8-9-25-56(54)59(3,4)58(53)55)49-34-30-45(31-35-49)52-22-12-17-46-16-11-21-51(57(46)52)44-14-6-5-7-15-44/h5-25,28-35,39,41,43H,1,26-27,36-38H2,2-4H3. The summed E-state index contributed by atoms with van der Waals surface area (Å²) in [4.78, 5) is 2.44. The van der Waals surface area contributed by atoms with E-state index in [0.717, 1.165) is 35.3 Å². The van der Waals surface area contributed by atoms with Gasteiger partial charge in [-0.2, -0.15) is 0 Å². The first-order valence-electron chi connectivity index (χ1n) is 21.9. The smallest absolute Gasteiger partial charge is 0.0467 e. The zero-order valence-corrected chi connectivity index (χ0v) is 35.2. The molecule has 2 aliphatic carbocycles. The van der Waals surface area contributed by atoms with E-state index in [1.165, 1.54) is 103 Å². The highest BCUT2D eigenvalue weighted by molar-refractivity contribution is 6.06. The van der Waals surface area contributed by atoms with E-state index in [2.05, 4.69) is 214 Å². The van der Waals surface area contributed by atoms with E-state index >= 15 is 0 Å². The van der Waals surface area contributed by atoms with Crippen molar-refractivity contribution in [2.75, 3.05) is 4.90 Å². The van der Waals surface area contributed by atoms with Crippen molar-refractivity contribution < 1.29 is 0 Å². The number of rotatable bonds is 9. The average molecular weight is 776 g/mol. The topological polar surface area (TPSA) is 3.24 Å². The van der Waals surface area contributed by atoms with Crippen LogP contribution in [0.1, 0.15) is 63.1 Å². The van der Waals surface area contributed by atoms with Gasteiger partial charge >= 0.3 is 0 Å². The molecule has 10 rings (SSSR count). The highest BCUT2D eigenvalue weighted by Crippen LogP contribution is 2.52. The fourth-order valence-corrected chi connectivity index (χ4v) is 10.7. The van der Waals surface area contributed by atoms with E-state index in [1.807, 2.05) is 0 Å². The van der Waals surface area contributed by atoms with Crippen LogP contribution in [-0.2, 0) is 11.8 Å². The lowest BCUT2D eigenvalue weighted by atomic mass is 9.77. The number of anilines is 3. The fourth-order valence-electron chi connectivity index (χ4n) is 10.7. The lowest BCUT2D eigenvalue weighted by molar-refractivity contribution is 0.321. The summed E-state index contributed by atoms with van der Waals surface area (Å²) in [6.07, 6.45) is 6.01. The maximum atomic E-state index is 4.36. The normalized spacial score (nSPS) is 16.7. The summed E-state index contributed by atoms with van der Waals surface area (Å²) in [5.74, 6) is 1.49. The number of fused-ring (bicyclic) bond motifs is 4. The Bertz CT molecular complexity index is 2840. The Hall–Kier alpha value is -6.44. The first-order valence-corrected chi connectivity index (χ1v) is 21.9. The SMILES string of the molecule is C=C1CC(C)CC(CCc2ccc(N(c3ccc(-c4cccc5cccc(-c6ccccc6)c45)cc3)c3cccc(-c4cccc5c4C(C)(C)c4ccccc4-5)c3)cc2)C1. The Morgan fingerprint density at radius 3 is 1.85 bits per heavy atom. The molecular weight excluding hydrogens is 723 g/mol. The van der Waals surface area contributed by atoms with Crippen molar-refractivity contribution >= 4 is 27.8 Å². The molecule has 0 amide bonds. The van der Waals surface area contributed by atoms with Crippen LogP contribution < -0.4 is 4.90 Å². The van der Waals surface area contributed by atoms with Crippen LogP contribution in [0.4, 0.5) is 17.1 Å². The monoisotopic (exact) mass is 775 g/mol. The molecule has 8 aromatic carbocycles. The molecule has 0 aromatic heterocycles. The van der Waals surface area contributed by atoms with E-state index in [0.29, 0.717) is 0 Å². The van der Waals surface area contributed by atoms with Crippen LogP contribution in [0.3, 0.4) is 0 Å². The highest BCUT2D eigenvalue weighted by Gasteiger charge is 2.37. The quantitative estimate of drug-likeness (QED) is 0.132. The van der Waals surface area contributed by atoms with Crippen LogP contribution in [0.2, 0.25) is 0 Å². The number of hydrogen-bond donors (Lipinski definition) is 0. The van der Waals surface area contributed by atoms with Gasteiger partial charge in [0.15, 0.2) is 0 Å². The van der Waals surface area contributed by atoms with Crippen molar-refractivity contribution in [3.05, 3.63) is 211 Å². The molecule has 294 valence electrons. The van der Waals surface area contributed by atoms with Gasteiger partial charge < -0.3 is 4.90 Å². The molecule has 0 aliphatic heterocycles. The summed E-state index contributed by atoms with van der Waals surface area (Å²) in [7, 11) is 0. The first kappa shape index (κ1) is 37.8. The summed E-state index contributed by atoms with van der Waals surface area (Å²) in [6.45, 7) is 11.5. The highest BCUT2D eigenvalue weighted by atomic mass is 15.1. The maximum Gasteiger partial charge on any atom is 0.0467 e. The van der Waals surface area contributed by atoms with Crippen LogP contribution >= 0.6 is 0 Å². The number of nitrogens with zero attached hydrogens (tertiary/aromatic N) is 1. The van der Waals surface area contributed by atoms with Gasteiger partial charge in [0.25, 0.3) is 0 Å². The Balaban J connectivity index is 1.04. The van der Waals surface area contributed by atoms with Crippen LogP contribution in [-0.4, -0.2) is 0 Å². The lowest BCUT2D eigenvalue weighted by Crippen LogP contribution is -2.16. The van der Waals surface area contributed by atoms with E-state index in [1.54, 1.807) is 0 Å². The number of allylic oxidation sites excluding steroid dienone is 1. The third kappa shape index (κ3) is 6.97. The van der Waals surface area contributed by atoms with Crippen LogP contribution in [0, 0.1) is 11.8 Å². The van der Waals surface area contributed by atoms with Crippen molar-refractivity contribution in [1.82, 2.24) is 0 Å². The van der Waals surface area contributed by atoms with Gasteiger partial charge in [0, 0.05) is 22.5 Å². The predicted octanol–water partition coefficient (Wildman–Crippen LogP) is 16.5. The van der Waals surface area contributed by atoms with Gasteiger partial charge in [0.05, 0.1) is 0 Å². The number of hydrogen-bond acceptors (Lipinski definition) is 1. The fraction of sp³-hybridized carbons (Fsp3) is 0.186. The minimum Gasteiger partial charge on any atom is -0.310 e. The molecule has 1 heteroatoms. The van der Waals surface area contributed by atoms with Crippen molar-refractivity contribution in [3.8, 4) is 44.5 Å². The Labute approximate surface area is 356 Å². The molecule has 1 saturated carbocycles. The first-order chi connectivity index (χ1) is 29.3. The summed E-state index contributed by atoms with van der Waals surface area (Å²) in [5.41, 5.74) is 19.1. The van der Waals surface area contributed by atoms with Crippen molar-refractivity contribution in [1.29, 1.82) is 0 Å². The Morgan fingerprint density at radius 2 is 1.12 bits per heavy atom. The molecular formula is C59H53N. The summed E-state index contributed by atoms with van der Waals surface area (Å²) < 4.78 is 0. The number of benzene rings is 8. The van der Waals surface area contributed by atoms with Gasteiger partial charge in [-0.25, -0.2) is 0 Å². The van der Waals surface area contributed by atoms with Crippen molar-refractivity contribution in [2.45, 2.75) is 58.3 Å². The summed E-state index contributed by atoms with van der Waals surface area (Å²) in [6, 6.07) is 67.6. The molecule has 2 unspecified atom stereocenters. The van der Waals surface area contributed by atoms with E-state index in [4.69, 9.17) is 0 Å². The minimum atomic E-state index is -0.102. The molecule has 0 N–H and O–H groups in total. The summed E-state index contributed by atoms with van der Waals surface area (Å²) in [5, 5.41) is 2.53. The van der Waals surface area contributed by atoms with Gasteiger partial charge in [-0.3, -0.25) is 0 Å². The molecule has 0 radical (unpaired) electrons. The predicted molar refractivity (Wildman–Crippen MR) is 256 cm³/mol. The second-order valence-corrected chi connectivity index (χ2v) is 18.0. The van der Waals surface area contributed by atoms with Crippen molar-refractivity contribution in [3.63, 3.8) is 0 Å². The maximum absolute atomic E-state index is 4.36. The Morgan fingerprint density at radius 1 is 0.533 bits per heavy atom. The number of aryl methyl sites for hydroxylation is 1. The Kier molecular flexibility index (Phi) is 9.85. The van der Waals surface area contributed by atoms with Crippen LogP contribution in [0.15, 0.2) is 194 Å². The molecule has 2 atom stereocenters. The zero-order valence-electron chi connectivity index (χ0n) is 35.2. The third-order valence-electron chi connectivity index (χ3n) is 13.4. The van der Waals surface area contributed by atoms with Gasteiger partial charge in [0.2, 0.25) is 0 Å². The molecule has 0 heterocycles.